The molecule has 2 rings (SSSR count). The third-order valence-corrected chi connectivity index (χ3v) is 5.27. The Morgan fingerprint density at radius 2 is 2.07 bits per heavy atom. The molecule has 0 spiro atoms. The Balaban J connectivity index is 0.00000392. The molecular weight excluding hydrogens is 495 g/mol. The van der Waals surface area contributed by atoms with Crippen LogP contribution in [0.1, 0.15) is 24.8 Å². The van der Waals surface area contributed by atoms with E-state index < -0.39 is 10.0 Å². The molecule has 1 heterocycles. The third-order valence-electron chi connectivity index (χ3n) is 4.36. The van der Waals surface area contributed by atoms with Gasteiger partial charge in [-0.15, -0.1) is 24.0 Å². The van der Waals surface area contributed by atoms with Gasteiger partial charge in [-0.25, -0.2) is 13.6 Å². The van der Waals surface area contributed by atoms with Crippen LogP contribution >= 0.6 is 24.0 Å². The summed E-state index contributed by atoms with van der Waals surface area (Å²) in [5.74, 6) is 1.27. The van der Waals surface area contributed by atoms with Crippen LogP contribution in [0.2, 0.25) is 0 Å². The Bertz CT molecular complexity index is 709. The molecule has 28 heavy (non-hydrogen) atoms. The van der Waals surface area contributed by atoms with Crippen molar-refractivity contribution in [1.82, 2.24) is 10.6 Å². The molecule has 8 nitrogen and oxygen atoms in total. The number of nitrogens with two attached hydrogens (primary N) is 1. The molecule has 1 aliphatic heterocycles. The van der Waals surface area contributed by atoms with E-state index in [-0.39, 0.29) is 28.9 Å². The number of hydrogen-bond acceptors (Lipinski definition) is 5. The number of ether oxygens (including phenoxy) is 2. The van der Waals surface area contributed by atoms with Crippen molar-refractivity contribution < 1.29 is 17.9 Å². The van der Waals surface area contributed by atoms with E-state index in [4.69, 9.17) is 14.6 Å². The van der Waals surface area contributed by atoms with Crippen LogP contribution in [0.4, 0.5) is 0 Å². The summed E-state index contributed by atoms with van der Waals surface area (Å²) in [6.45, 7) is 4.39. The van der Waals surface area contributed by atoms with E-state index in [0.29, 0.717) is 25.0 Å². The Hall–Kier alpha value is -0.950. The molecule has 0 atom stereocenters. The Labute approximate surface area is 184 Å². The fourth-order valence-electron chi connectivity index (χ4n) is 2.78. The highest BCUT2D eigenvalue weighted by Gasteiger charge is 2.13. The minimum atomic E-state index is -3.70. The molecule has 1 fully saturated rings. The molecule has 0 saturated carbocycles. The Kier molecular flexibility index (Phi) is 11.9. The zero-order valence-corrected chi connectivity index (χ0v) is 19.4. The highest BCUT2D eigenvalue weighted by atomic mass is 127. The second-order valence-corrected chi connectivity index (χ2v) is 8.09. The number of aliphatic imine (C=N–C) groups is 1. The average Bonchev–Trinajstić information content (AvgIpc) is 2.67. The van der Waals surface area contributed by atoms with Crippen LogP contribution in [0.15, 0.2) is 34.2 Å². The standard InChI is InChI=1S/C18H30N4O4S.HI/c1-20-18(21-8-3-9-26-14-15-6-10-25-11-7-15)22-13-16-4-2-5-17(12-16)27(19,23)24;/h2,4-5,12,15H,3,6-11,13-14H2,1H3,(H2,19,23,24)(H2,20,21,22);1H. The number of nitrogens with zero attached hydrogens (tertiary/aromatic N) is 1. The molecule has 0 bridgehead atoms. The third kappa shape index (κ3) is 9.50. The summed E-state index contributed by atoms with van der Waals surface area (Å²) >= 11 is 0. The van der Waals surface area contributed by atoms with Gasteiger partial charge in [0.15, 0.2) is 5.96 Å². The smallest absolute Gasteiger partial charge is 0.238 e. The van der Waals surface area contributed by atoms with Crippen molar-refractivity contribution in [2.45, 2.75) is 30.7 Å². The SMILES string of the molecule is CN=C(NCCCOCC1CCOCC1)NCc1cccc(S(N)(=O)=O)c1.I. The second-order valence-electron chi connectivity index (χ2n) is 6.53. The number of benzene rings is 1. The first-order valence-corrected chi connectivity index (χ1v) is 10.8. The van der Waals surface area contributed by atoms with Crippen molar-refractivity contribution in [2.24, 2.45) is 16.0 Å². The molecule has 0 amide bonds. The topological polar surface area (TPSA) is 115 Å². The maximum Gasteiger partial charge on any atom is 0.238 e. The molecule has 0 unspecified atom stereocenters. The van der Waals surface area contributed by atoms with Crippen LogP contribution in [-0.4, -0.2) is 54.4 Å². The van der Waals surface area contributed by atoms with Crippen molar-refractivity contribution in [3.63, 3.8) is 0 Å². The lowest BCUT2D eigenvalue weighted by Gasteiger charge is -2.21. The number of rotatable bonds is 9. The van der Waals surface area contributed by atoms with Gasteiger partial charge < -0.3 is 20.1 Å². The first-order valence-electron chi connectivity index (χ1n) is 9.21. The van der Waals surface area contributed by atoms with E-state index in [2.05, 4.69) is 15.6 Å². The number of hydrogen-bond donors (Lipinski definition) is 3. The molecule has 0 radical (unpaired) electrons. The average molecular weight is 526 g/mol. The van der Waals surface area contributed by atoms with Gasteiger partial charge in [0.25, 0.3) is 0 Å². The molecule has 1 saturated heterocycles. The molecule has 4 N–H and O–H groups in total. The van der Waals surface area contributed by atoms with Gasteiger partial charge in [-0.05, 0) is 42.9 Å². The van der Waals surface area contributed by atoms with Gasteiger partial charge >= 0.3 is 0 Å². The van der Waals surface area contributed by atoms with Crippen LogP contribution in [-0.2, 0) is 26.0 Å². The molecule has 1 aliphatic rings. The van der Waals surface area contributed by atoms with Crippen LogP contribution in [0, 0.1) is 5.92 Å². The zero-order valence-electron chi connectivity index (χ0n) is 16.2. The van der Waals surface area contributed by atoms with Gasteiger partial charge in [-0.2, -0.15) is 0 Å². The van der Waals surface area contributed by atoms with Gasteiger partial charge in [0.1, 0.15) is 0 Å². The van der Waals surface area contributed by atoms with Gasteiger partial charge in [-0.3, -0.25) is 4.99 Å². The minimum absolute atomic E-state index is 0. The predicted octanol–water partition coefficient (Wildman–Crippen LogP) is 1.45. The summed E-state index contributed by atoms with van der Waals surface area (Å²) in [7, 11) is -2.00. The van der Waals surface area contributed by atoms with Crippen molar-refractivity contribution in [1.29, 1.82) is 0 Å². The predicted molar refractivity (Wildman–Crippen MR) is 120 cm³/mol. The quantitative estimate of drug-likeness (QED) is 0.194. The number of primary sulfonamides is 1. The molecule has 0 aromatic heterocycles. The van der Waals surface area contributed by atoms with Crippen LogP contribution in [0.3, 0.4) is 0 Å². The fourth-order valence-corrected chi connectivity index (χ4v) is 3.37. The summed E-state index contributed by atoms with van der Waals surface area (Å²) in [5, 5.41) is 11.5. The summed E-state index contributed by atoms with van der Waals surface area (Å²) in [6, 6.07) is 6.54. The zero-order chi connectivity index (χ0) is 19.5. The molecule has 1 aromatic carbocycles. The van der Waals surface area contributed by atoms with Crippen molar-refractivity contribution >= 4 is 40.0 Å². The summed E-state index contributed by atoms with van der Waals surface area (Å²) in [6.07, 6.45) is 3.05. The number of nitrogens with one attached hydrogen (secondary N) is 2. The summed E-state index contributed by atoms with van der Waals surface area (Å²) < 4.78 is 33.9. The lowest BCUT2D eigenvalue weighted by molar-refractivity contribution is 0.0203. The van der Waals surface area contributed by atoms with E-state index in [1.165, 1.54) is 6.07 Å². The highest BCUT2D eigenvalue weighted by molar-refractivity contribution is 14.0. The monoisotopic (exact) mass is 526 g/mol. The van der Waals surface area contributed by atoms with Crippen molar-refractivity contribution in [3.8, 4) is 0 Å². The summed E-state index contributed by atoms with van der Waals surface area (Å²) in [4.78, 5) is 4.27. The van der Waals surface area contributed by atoms with Crippen molar-refractivity contribution in [2.75, 3.05) is 40.0 Å². The van der Waals surface area contributed by atoms with Crippen LogP contribution in [0.5, 0.6) is 0 Å². The Morgan fingerprint density at radius 3 is 2.75 bits per heavy atom. The van der Waals surface area contributed by atoms with E-state index in [0.717, 1.165) is 51.2 Å². The van der Waals surface area contributed by atoms with Gasteiger partial charge in [-0.1, -0.05) is 12.1 Å². The minimum Gasteiger partial charge on any atom is -0.381 e. The van der Waals surface area contributed by atoms with Crippen LogP contribution in [0.25, 0.3) is 0 Å². The van der Waals surface area contributed by atoms with Crippen molar-refractivity contribution in [3.05, 3.63) is 29.8 Å². The second kappa shape index (κ2) is 13.3. The van der Waals surface area contributed by atoms with E-state index in [9.17, 15) is 8.42 Å². The van der Waals surface area contributed by atoms with Crippen LogP contribution < -0.4 is 15.8 Å². The maximum atomic E-state index is 11.4. The van der Waals surface area contributed by atoms with Gasteiger partial charge in [0, 0.05) is 46.6 Å². The number of guanidine groups is 1. The lowest BCUT2D eigenvalue weighted by atomic mass is 10.0. The molecular formula is C18H31IN4O4S. The molecule has 0 aliphatic carbocycles. The number of halogens is 1. The first-order chi connectivity index (χ1) is 13.0. The van der Waals surface area contributed by atoms with Gasteiger partial charge in [0.2, 0.25) is 10.0 Å². The lowest BCUT2D eigenvalue weighted by Crippen LogP contribution is -2.37. The van der Waals surface area contributed by atoms with Gasteiger partial charge in [0.05, 0.1) is 4.90 Å². The molecule has 10 heteroatoms. The fraction of sp³-hybridized carbons (Fsp3) is 0.611. The van der Waals surface area contributed by atoms with E-state index in [1.54, 1.807) is 19.2 Å². The molecule has 1 aromatic rings. The Morgan fingerprint density at radius 1 is 1.32 bits per heavy atom. The number of sulfonamides is 1. The maximum absolute atomic E-state index is 11.4. The first kappa shape index (κ1) is 25.1. The normalized spacial score (nSPS) is 15.7. The highest BCUT2D eigenvalue weighted by Crippen LogP contribution is 2.14. The largest absolute Gasteiger partial charge is 0.381 e. The van der Waals surface area contributed by atoms with E-state index in [1.807, 2.05) is 6.07 Å². The van der Waals surface area contributed by atoms with E-state index >= 15 is 0 Å². The molecule has 160 valence electrons. The summed E-state index contributed by atoms with van der Waals surface area (Å²) in [5.41, 5.74) is 0.810.